The fraction of sp³-hybridized carbons (Fsp3) is 0.636. The van der Waals surface area contributed by atoms with Crippen LogP contribution in [0.1, 0.15) is 20.8 Å². The Kier molecular flexibility index (Phi) is 2.92. The number of carbonyl (C=O) groups excluding carboxylic acids is 2. The average molecular weight is 241 g/mol. The van der Waals surface area contributed by atoms with Crippen molar-refractivity contribution in [2.24, 2.45) is 0 Å². The molecule has 2 atom stereocenters. The Hall–Kier alpha value is -1.40. The molecular weight excluding hydrogens is 226 g/mol. The van der Waals surface area contributed by atoms with Crippen molar-refractivity contribution >= 4 is 11.9 Å². The minimum absolute atomic E-state index is 0.134. The number of esters is 1. The Labute approximate surface area is 99.0 Å². The summed E-state index contributed by atoms with van der Waals surface area (Å²) in [7, 11) is 0. The van der Waals surface area contributed by atoms with Crippen LogP contribution in [0, 0.1) is 0 Å². The maximum absolute atomic E-state index is 11.7. The molecule has 17 heavy (non-hydrogen) atoms. The van der Waals surface area contributed by atoms with Crippen LogP contribution in [0.25, 0.3) is 0 Å². The number of hydrogen-bond donors (Lipinski definition) is 0. The number of fused-ring (bicyclic) bond motifs is 2. The molecule has 0 saturated carbocycles. The van der Waals surface area contributed by atoms with Crippen molar-refractivity contribution in [3.8, 4) is 0 Å². The normalized spacial score (nSPS) is 27.5. The van der Waals surface area contributed by atoms with Crippen LogP contribution in [0.4, 0.5) is 0 Å². The van der Waals surface area contributed by atoms with E-state index in [2.05, 4.69) is 0 Å². The standard InChI is InChI=1S/C11H15NO5/c1-11(2,3)15-9(13)6-12-8-5-4-7(10(12)14)16-17-8/h4-5,7-8H,6H2,1-3H3. The molecule has 1 saturated heterocycles. The van der Waals surface area contributed by atoms with Crippen LogP contribution in [0.3, 0.4) is 0 Å². The van der Waals surface area contributed by atoms with Gasteiger partial charge in [-0.2, -0.15) is 0 Å². The minimum atomic E-state index is -0.748. The van der Waals surface area contributed by atoms with E-state index in [1.807, 2.05) is 0 Å². The summed E-state index contributed by atoms with van der Waals surface area (Å²) in [5, 5.41) is 0. The van der Waals surface area contributed by atoms with Gasteiger partial charge in [0.2, 0.25) is 0 Å². The average Bonchev–Trinajstić information content (AvgIpc) is 2.21. The monoisotopic (exact) mass is 241 g/mol. The lowest BCUT2D eigenvalue weighted by Gasteiger charge is -2.38. The third-order valence-electron chi connectivity index (χ3n) is 2.26. The molecule has 2 bridgehead atoms. The third kappa shape index (κ3) is 2.65. The highest BCUT2D eigenvalue weighted by Gasteiger charge is 2.40. The summed E-state index contributed by atoms with van der Waals surface area (Å²) >= 11 is 0. The zero-order valence-corrected chi connectivity index (χ0v) is 10.0. The summed E-state index contributed by atoms with van der Waals surface area (Å²) in [5.41, 5.74) is -0.567. The Morgan fingerprint density at radius 1 is 1.41 bits per heavy atom. The zero-order valence-electron chi connectivity index (χ0n) is 10.0. The van der Waals surface area contributed by atoms with Gasteiger partial charge in [-0.05, 0) is 32.9 Å². The summed E-state index contributed by atoms with van der Waals surface area (Å²) in [6, 6.07) is 0. The zero-order chi connectivity index (χ0) is 12.6. The first-order valence-corrected chi connectivity index (χ1v) is 5.39. The van der Waals surface area contributed by atoms with Gasteiger partial charge in [-0.15, -0.1) is 0 Å². The highest BCUT2D eigenvalue weighted by molar-refractivity contribution is 5.88. The smallest absolute Gasteiger partial charge is 0.326 e. The van der Waals surface area contributed by atoms with E-state index in [1.54, 1.807) is 32.9 Å². The van der Waals surface area contributed by atoms with Gasteiger partial charge in [-0.1, -0.05) is 0 Å². The van der Waals surface area contributed by atoms with Gasteiger partial charge >= 0.3 is 5.97 Å². The van der Waals surface area contributed by atoms with Gasteiger partial charge in [0.1, 0.15) is 12.1 Å². The van der Waals surface area contributed by atoms with Gasteiger partial charge in [0, 0.05) is 0 Å². The second kappa shape index (κ2) is 4.12. The number of amides is 1. The second-order valence-corrected chi connectivity index (χ2v) is 4.94. The number of rotatable bonds is 2. The number of nitrogens with zero attached hydrogens (tertiary/aromatic N) is 1. The fourth-order valence-corrected chi connectivity index (χ4v) is 1.63. The Balaban J connectivity index is 1.98. The molecule has 0 radical (unpaired) electrons. The van der Waals surface area contributed by atoms with Gasteiger partial charge in [-0.25, -0.2) is 9.78 Å². The molecule has 0 aromatic carbocycles. The van der Waals surface area contributed by atoms with Gasteiger partial charge in [-0.3, -0.25) is 14.5 Å². The van der Waals surface area contributed by atoms with Crippen LogP contribution < -0.4 is 0 Å². The molecule has 3 rings (SSSR count). The lowest BCUT2D eigenvalue weighted by Crippen LogP contribution is -2.56. The van der Waals surface area contributed by atoms with Crippen LogP contribution in [0.5, 0.6) is 0 Å². The predicted octanol–water partition coefficient (Wildman–Crippen LogP) is 0.383. The van der Waals surface area contributed by atoms with Crippen molar-refractivity contribution in [2.75, 3.05) is 6.54 Å². The molecule has 3 heterocycles. The van der Waals surface area contributed by atoms with E-state index in [1.165, 1.54) is 4.90 Å². The van der Waals surface area contributed by atoms with Crippen molar-refractivity contribution in [3.63, 3.8) is 0 Å². The fourth-order valence-electron chi connectivity index (χ4n) is 1.63. The molecule has 1 amide bonds. The van der Waals surface area contributed by atoms with E-state index >= 15 is 0 Å². The Morgan fingerprint density at radius 2 is 2.12 bits per heavy atom. The molecule has 6 heteroatoms. The predicted molar refractivity (Wildman–Crippen MR) is 56.4 cm³/mol. The molecule has 1 fully saturated rings. The number of ether oxygens (including phenoxy) is 1. The van der Waals surface area contributed by atoms with Crippen LogP contribution in [-0.4, -0.2) is 41.3 Å². The van der Waals surface area contributed by atoms with Gasteiger partial charge in [0.15, 0.2) is 12.3 Å². The SMILES string of the molecule is CC(C)(C)OC(=O)CN1C(=O)C2C=CC1OO2. The van der Waals surface area contributed by atoms with E-state index in [-0.39, 0.29) is 12.5 Å². The largest absolute Gasteiger partial charge is 0.459 e. The van der Waals surface area contributed by atoms with Crippen molar-refractivity contribution in [1.82, 2.24) is 4.90 Å². The first-order valence-electron chi connectivity index (χ1n) is 5.39. The van der Waals surface area contributed by atoms with Crippen molar-refractivity contribution in [3.05, 3.63) is 12.2 Å². The molecule has 0 spiro atoms. The molecule has 3 aliphatic rings. The summed E-state index contributed by atoms with van der Waals surface area (Å²) < 4.78 is 5.14. The number of hydrogen-bond acceptors (Lipinski definition) is 5. The third-order valence-corrected chi connectivity index (χ3v) is 2.26. The second-order valence-electron chi connectivity index (χ2n) is 4.94. The molecule has 2 unspecified atom stereocenters. The Bertz CT molecular complexity index is 371. The summed E-state index contributed by atoms with van der Waals surface area (Å²) in [6.45, 7) is 5.18. The van der Waals surface area contributed by atoms with Crippen LogP contribution in [0.15, 0.2) is 12.2 Å². The first kappa shape index (κ1) is 12.1. The van der Waals surface area contributed by atoms with E-state index < -0.39 is 23.9 Å². The molecule has 3 aliphatic heterocycles. The quantitative estimate of drug-likeness (QED) is 0.397. The van der Waals surface area contributed by atoms with Crippen LogP contribution in [0.2, 0.25) is 0 Å². The molecule has 0 N–H and O–H groups in total. The summed E-state index contributed by atoms with van der Waals surface area (Å²) in [4.78, 5) is 34.3. The van der Waals surface area contributed by atoms with Crippen LogP contribution in [-0.2, 0) is 24.1 Å². The number of carbonyl (C=O) groups is 2. The van der Waals surface area contributed by atoms with Crippen molar-refractivity contribution in [1.29, 1.82) is 0 Å². The molecular formula is C11H15NO5. The van der Waals surface area contributed by atoms with Crippen molar-refractivity contribution in [2.45, 2.75) is 38.7 Å². The van der Waals surface area contributed by atoms with E-state index in [0.717, 1.165) is 0 Å². The molecule has 0 aromatic rings. The minimum Gasteiger partial charge on any atom is -0.459 e. The Morgan fingerprint density at radius 3 is 2.59 bits per heavy atom. The molecule has 6 nitrogen and oxygen atoms in total. The highest BCUT2D eigenvalue weighted by atomic mass is 17.2. The first-order chi connectivity index (χ1) is 7.87. The lowest BCUT2D eigenvalue weighted by atomic mass is 10.1. The topological polar surface area (TPSA) is 65.1 Å². The van der Waals surface area contributed by atoms with E-state index in [4.69, 9.17) is 14.5 Å². The lowest BCUT2D eigenvalue weighted by molar-refractivity contribution is -0.374. The molecule has 0 aliphatic carbocycles. The maximum atomic E-state index is 11.7. The maximum Gasteiger partial charge on any atom is 0.326 e. The van der Waals surface area contributed by atoms with Crippen molar-refractivity contribution < 1.29 is 24.1 Å². The van der Waals surface area contributed by atoms with Gasteiger partial charge in [0.25, 0.3) is 5.91 Å². The van der Waals surface area contributed by atoms with E-state index in [9.17, 15) is 9.59 Å². The van der Waals surface area contributed by atoms with Gasteiger partial charge in [0.05, 0.1) is 0 Å². The van der Waals surface area contributed by atoms with Crippen LogP contribution >= 0.6 is 0 Å². The molecule has 94 valence electrons. The highest BCUT2D eigenvalue weighted by Crippen LogP contribution is 2.22. The van der Waals surface area contributed by atoms with E-state index in [0.29, 0.717) is 0 Å². The summed E-state index contributed by atoms with van der Waals surface area (Å²) in [5.74, 6) is -0.745. The van der Waals surface area contributed by atoms with Gasteiger partial charge < -0.3 is 4.74 Å². The molecule has 0 aromatic heterocycles. The summed E-state index contributed by atoms with van der Waals surface area (Å²) in [6.07, 6.45) is 1.91.